The van der Waals surface area contributed by atoms with E-state index >= 15 is 0 Å². The van der Waals surface area contributed by atoms with Crippen molar-refractivity contribution in [3.63, 3.8) is 0 Å². The zero-order valence-electron chi connectivity index (χ0n) is 17.5. The highest BCUT2D eigenvalue weighted by Gasteiger charge is 2.68. The lowest BCUT2D eigenvalue weighted by Gasteiger charge is -2.52. The molecule has 0 saturated carbocycles. The maximum absolute atomic E-state index is 13.6. The first-order chi connectivity index (χ1) is 14.5. The number of ether oxygens (including phenoxy) is 3. The summed E-state index contributed by atoms with van der Waals surface area (Å²) in [4.78, 5) is 16.0. The van der Waals surface area contributed by atoms with Crippen LogP contribution in [0.2, 0.25) is 0 Å². The SMILES string of the molecule is COc1cc(OC)c(OC)c2c1NC(=O)[C@@]21C[C@H]2[C@@H](CO)[C@H]3C[C@@H]1N2C/C3=C/CO. The number of carbonyl (C=O) groups excluding carboxylic acids is 1. The third kappa shape index (κ3) is 2.24. The van der Waals surface area contributed by atoms with Crippen LogP contribution in [-0.4, -0.2) is 74.2 Å². The molecular weight excluding hydrogens is 388 g/mol. The summed E-state index contributed by atoms with van der Waals surface area (Å²) in [5.74, 6) is 1.80. The number of methoxy groups -OCH3 is 3. The van der Waals surface area contributed by atoms with Crippen LogP contribution in [0.3, 0.4) is 0 Å². The highest BCUT2D eigenvalue weighted by atomic mass is 16.5. The second-order valence-electron chi connectivity index (χ2n) is 8.60. The number of piperidine rings is 3. The number of fused-ring (bicyclic) bond motifs is 3. The Kier molecular flexibility index (Phi) is 4.50. The van der Waals surface area contributed by atoms with Crippen molar-refractivity contribution in [1.82, 2.24) is 4.90 Å². The second kappa shape index (κ2) is 6.87. The number of aliphatic hydroxyl groups excluding tert-OH is 2. The van der Waals surface area contributed by atoms with Crippen molar-refractivity contribution in [1.29, 1.82) is 0 Å². The van der Waals surface area contributed by atoms with Gasteiger partial charge in [-0.2, -0.15) is 0 Å². The number of carbonyl (C=O) groups is 1. The molecule has 1 unspecified atom stereocenters. The van der Waals surface area contributed by atoms with E-state index in [0.29, 0.717) is 35.9 Å². The summed E-state index contributed by atoms with van der Waals surface area (Å²) >= 11 is 0. The molecule has 0 radical (unpaired) electrons. The van der Waals surface area contributed by atoms with Crippen molar-refractivity contribution in [3.8, 4) is 17.2 Å². The molecule has 5 aliphatic rings. The minimum absolute atomic E-state index is 0.0101. The monoisotopic (exact) mass is 416 g/mol. The van der Waals surface area contributed by atoms with Gasteiger partial charge < -0.3 is 29.7 Å². The number of nitrogens with zero attached hydrogens (tertiary/aromatic N) is 1. The molecule has 0 aliphatic carbocycles. The van der Waals surface area contributed by atoms with E-state index in [1.807, 2.05) is 6.08 Å². The lowest BCUT2D eigenvalue weighted by atomic mass is 9.69. The van der Waals surface area contributed by atoms with Gasteiger partial charge in [-0.1, -0.05) is 11.6 Å². The van der Waals surface area contributed by atoms with Crippen LogP contribution in [0.25, 0.3) is 0 Å². The molecule has 1 spiro atoms. The standard InChI is InChI=1S/C22H28N2O6/c1-28-15-7-16(29-2)20(30-3)18-19(15)23-21(27)22(18)8-14-13(10-26)12-6-17(22)24(14)9-11(12)4-5-25/h4,7,12-14,17,25-26H,5-6,8-10H2,1-3H3,(H,23,27)/b11-4-/t12-,13-,14-,17-,22+/m0/s1. The van der Waals surface area contributed by atoms with Gasteiger partial charge in [0.15, 0.2) is 11.5 Å². The minimum Gasteiger partial charge on any atom is -0.494 e. The molecule has 1 amide bonds. The van der Waals surface area contributed by atoms with Crippen LogP contribution in [0.15, 0.2) is 17.7 Å². The van der Waals surface area contributed by atoms with Gasteiger partial charge in [-0.25, -0.2) is 0 Å². The molecule has 30 heavy (non-hydrogen) atoms. The third-order valence-electron chi connectivity index (χ3n) is 7.76. The van der Waals surface area contributed by atoms with Crippen molar-refractivity contribution >= 4 is 11.6 Å². The molecule has 6 atom stereocenters. The molecule has 4 saturated heterocycles. The Morgan fingerprint density at radius 2 is 2.00 bits per heavy atom. The number of nitrogens with one attached hydrogen (secondary N) is 1. The number of rotatable bonds is 5. The average Bonchev–Trinajstić information content (AvgIpc) is 3.19. The Balaban J connectivity index is 1.70. The predicted molar refractivity (Wildman–Crippen MR) is 109 cm³/mol. The fourth-order valence-electron chi connectivity index (χ4n) is 6.61. The second-order valence-corrected chi connectivity index (χ2v) is 8.60. The van der Waals surface area contributed by atoms with Gasteiger partial charge in [0.05, 0.1) is 39.0 Å². The van der Waals surface area contributed by atoms with Crippen LogP contribution in [0.4, 0.5) is 5.69 Å². The molecule has 4 bridgehead atoms. The van der Waals surface area contributed by atoms with Crippen molar-refractivity contribution in [2.45, 2.75) is 30.3 Å². The van der Waals surface area contributed by atoms with E-state index in [9.17, 15) is 15.0 Å². The maximum Gasteiger partial charge on any atom is 0.237 e. The van der Waals surface area contributed by atoms with Crippen LogP contribution in [0, 0.1) is 11.8 Å². The van der Waals surface area contributed by atoms with Crippen molar-refractivity contribution < 1.29 is 29.2 Å². The fourth-order valence-corrected chi connectivity index (χ4v) is 6.61. The summed E-state index contributed by atoms with van der Waals surface area (Å²) in [5, 5.41) is 22.7. The molecule has 5 heterocycles. The quantitative estimate of drug-likeness (QED) is 0.614. The molecular formula is C22H28N2O6. The molecule has 8 nitrogen and oxygen atoms in total. The van der Waals surface area contributed by atoms with Gasteiger partial charge in [0.1, 0.15) is 5.75 Å². The van der Waals surface area contributed by atoms with Gasteiger partial charge in [-0.05, 0) is 18.8 Å². The molecule has 5 aliphatic heterocycles. The van der Waals surface area contributed by atoms with E-state index in [4.69, 9.17) is 14.2 Å². The first-order valence-corrected chi connectivity index (χ1v) is 10.4. The lowest BCUT2D eigenvalue weighted by Crippen LogP contribution is -2.59. The first kappa shape index (κ1) is 19.7. The van der Waals surface area contributed by atoms with E-state index in [1.165, 1.54) is 0 Å². The van der Waals surface area contributed by atoms with E-state index in [2.05, 4.69) is 10.2 Å². The van der Waals surface area contributed by atoms with E-state index in [1.54, 1.807) is 27.4 Å². The van der Waals surface area contributed by atoms with E-state index in [0.717, 1.165) is 17.6 Å². The summed E-state index contributed by atoms with van der Waals surface area (Å²) < 4.78 is 16.9. The van der Waals surface area contributed by atoms with Crippen LogP contribution >= 0.6 is 0 Å². The van der Waals surface area contributed by atoms with Crippen molar-refractivity contribution in [2.75, 3.05) is 46.4 Å². The number of benzene rings is 1. The number of anilines is 1. The van der Waals surface area contributed by atoms with Crippen LogP contribution in [0.1, 0.15) is 18.4 Å². The third-order valence-corrected chi connectivity index (χ3v) is 7.76. The summed E-state index contributed by atoms with van der Waals surface area (Å²) in [6.45, 7) is 0.763. The van der Waals surface area contributed by atoms with Gasteiger partial charge in [-0.15, -0.1) is 0 Å². The number of amides is 1. The summed E-state index contributed by atoms with van der Waals surface area (Å²) in [6, 6.07) is 1.81. The summed E-state index contributed by atoms with van der Waals surface area (Å²) in [5.41, 5.74) is 1.82. The maximum atomic E-state index is 13.6. The highest BCUT2D eigenvalue weighted by Crippen LogP contribution is 2.64. The smallest absolute Gasteiger partial charge is 0.237 e. The Hall–Kier alpha value is -2.29. The molecule has 162 valence electrons. The summed E-state index contributed by atoms with van der Waals surface area (Å²) in [7, 11) is 4.74. The zero-order chi connectivity index (χ0) is 21.2. The van der Waals surface area contributed by atoms with Crippen molar-refractivity contribution in [3.05, 3.63) is 23.3 Å². The summed E-state index contributed by atoms with van der Waals surface area (Å²) in [6.07, 6.45) is 3.22. The van der Waals surface area contributed by atoms with Gasteiger partial charge in [-0.3, -0.25) is 9.69 Å². The lowest BCUT2D eigenvalue weighted by molar-refractivity contribution is -0.122. The van der Waals surface area contributed by atoms with Gasteiger partial charge in [0.2, 0.25) is 5.91 Å². The molecule has 1 aromatic carbocycles. The van der Waals surface area contributed by atoms with Crippen LogP contribution in [-0.2, 0) is 10.2 Å². The van der Waals surface area contributed by atoms with Crippen LogP contribution in [0.5, 0.6) is 17.2 Å². The number of hydrogen-bond donors (Lipinski definition) is 3. The van der Waals surface area contributed by atoms with Gasteiger partial charge in [0, 0.05) is 42.8 Å². The largest absolute Gasteiger partial charge is 0.494 e. The molecule has 6 rings (SSSR count). The molecule has 1 aromatic rings. The molecule has 8 heteroatoms. The highest BCUT2D eigenvalue weighted by molar-refractivity contribution is 6.10. The van der Waals surface area contributed by atoms with Gasteiger partial charge in [0.25, 0.3) is 0 Å². The van der Waals surface area contributed by atoms with Gasteiger partial charge >= 0.3 is 0 Å². The predicted octanol–water partition coefficient (Wildman–Crippen LogP) is 0.906. The first-order valence-electron chi connectivity index (χ1n) is 10.4. The van der Waals surface area contributed by atoms with Crippen molar-refractivity contribution in [2.24, 2.45) is 11.8 Å². The van der Waals surface area contributed by atoms with E-state index < -0.39 is 5.41 Å². The Morgan fingerprint density at radius 3 is 2.63 bits per heavy atom. The van der Waals surface area contributed by atoms with Crippen LogP contribution < -0.4 is 19.5 Å². The fraction of sp³-hybridized carbons (Fsp3) is 0.591. The normalized spacial score (nSPS) is 36.9. The topological polar surface area (TPSA) is 100 Å². The molecule has 0 aromatic heterocycles. The molecule has 3 N–H and O–H groups in total. The molecule has 4 fully saturated rings. The number of hydrogen-bond acceptors (Lipinski definition) is 7. The van der Waals surface area contributed by atoms with E-state index in [-0.39, 0.29) is 43.0 Å². The Bertz CT molecular complexity index is 931. The number of aliphatic hydroxyl groups is 2. The Morgan fingerprint density at radius 1 is 1.23 bits per heavy atom. The average molecular weight is 416 g/mol. The minimum atomic E-state index is -0.792. The Labute approximate surface area is 175 Å². The zero-order valence-corrected chi connectivity index (χ0v) is 17.5.